The predicted molar refractivity (Wildman–Crippen MR) is 167 cm³/mol. The van der Waals surface area contributed by atoms with Crippen molar-refractivity contribution in [2.24, 2.45) is 0 Å². The van der Waals surface area contributed by atoms with Crippen LogP contribution in [0.3, 0.4) is 0 Å². The zero-order valence-corrected chi connectivity index (χ0v) is 30.1. The molecule has 0 fully saturated rings. The number of benzene rings is 3. The molecule has 0 aromatic heterocycles. The van der Waals surface area contributed by atoms with Crippen LogP contribution in [0.15, 0.2) is 140 Å². The number of hydrogen-bond donors (Lipinski definition) is 0. The second-order valence-electron chi connectivity index (χ2n) is 7.44. The summed E-state index contributed by atoms with van der Waals surface area (Å²) in [7, 11) is -11.0. The molecule has 10 N–H and O–H groups in total. The molecule has 0 unspecified atom stereocenters. The van der Waals surface area contributed by atoms with Crippen LogP contribution in [0.5, 0.6) is 0 Å². The van der Waals surface area contributed by atoms with E-state index in [9.17, 15) is 55.0 Å². The third-order valence-corrected chi connectivity index (χ3v) is 8.64. The van der Waals surface area contributed by atoms with E-state index in [4.69, 9.17) is 0 Å². The van der Waals surface area contributed by atoms with Gasteiger partial charge in [-0.15, -0.1) is 0 Å². The number of carbonyl (C=O) groups excluding carboxylic acids is 3. The molecule has 0 spiro atoms. The van der Waals surface area contributed by atoms with Crippen LogP contribution in [-0.2, 0) is 43.9 Å². The monoisotopic (exact) mass is 932 g/mol. The van der Waals surface area contributed by atoms with Crippen molar-refractivity contribution in [3.63, 3.8) is 0 Å². The Kier molecular flexibility index (Phi) is 31.4. The average molecular weight is 933 g/mol. The number of aliphatic carboxylic acids is 3. The minimum atomic E-state index is -3.66. The Bertz CT molecular complexity index is 1560. The number of carboxylic acid groups (broad SMARTS) is 3. The molecule has 17 nitrogen and oxygen atoms in total. The first-order chi connectivity index (χ1) is 19.6. The molecule has 0 aliphatic carbocycles. The van der Waals surface area contributed by atoms with Gasteiger partial charge in [-0.1, -0.05) is 54.6 Å². The van der Waals surface area contributed by atoms with Crippen molar-refractivity contribution in [3.05, 3.63) is 125 Å². The van der Waals surface area contributed by atoms with E-state index in [2.05, 4.69) is 0 Å². The maximum absolute atomic E-state index is 11.4. The third-order valence-electron chi connectivity index (χ3n) is 4.37. The van der Waals surface area contributed by atoms with Gasteiger partial charge in [0.1, 0.15) is 0 Å². The molecular formula is C27H31BiO17S3. The largest absolute Gasteiger partial charge is 3.00 e. The number of carbonyl (C=O) groups is 3. The second kappa shape index (κ2) is 26.8. The fourth-order valence-corrected chi connectivity index (χ4v) is 5.45. The van der Waals surface area contributed by atoms with Crippen LogP contribution in [-0.4, -0.2) is 96.7 Å². The summed E-state index contributed by atoms with van der Waals surface area (Å²) >= 11 is 0. The summed E-state index contributed by atoms with van der Waals surface area (Å²) in [6.07, 6.45) is 1.47. The van der Waals surface area contributed by atoms with Crippen molar-refractivity contribution in [1.82, 2.24) is 0 Å². The van der Waals surface area contributed by atoms with Gasteiger partial charge >= 0.3 is 26.2 Å². The van der Waals surface area contributed by atoms with Gasteiger partial charge in [-0.2, -0.15) is 0 Å². The first-order valence-electron chi connectivity index (χ1n) is 11.1. The van der Waals surface area contributed by atoms with Gasteiger partial charge in [-0.25, -0.2) is 25.3 Å². The van der Waals surface area contributed by atoms with Crippen LogP contribution >= 0.6 is 0 Å². The molecule has 0 saturated heterocycles. The Labute approximate surface area is 294 Å². The molecule has 3 aromatic rings. The predicted octanol–water partition coefficient (Wildman–Crippen LogP) is -5.33. The van der Waals surface area contributed by atoms with Crippen LogP contribution in [0.25, 0.3) is 0 Å². The number of carboxylic acids is 3. The van der Waals surface area contributed by atoms with Gasteiger partial charge in [0.15, 0.2) is 29.5 Å². The molecular weight excluding hydrogens is 901 g/mol. The molecule has 0 saturated carbocycles. The van der Waals surface area contributed by atoms with E-state index >= 15 is 0 Å². The van der Waals surface area contributed by atoms with Crippen molar-refractivity contribution in [1.29, 1.82) is 0 Å². The Hall–Kier alpha value is -4.18. The molecule has 21 heteroatoms. The van der Waals surface area contributed by atoms with Gasteiger partial charge in [0, 0.05) is 16.2 Å². The molecule has 3 aromatic carbocycles. The molecule has 264 valence electrons. The minimum absolute atomic E-state index is 0. The normalized spacial score (nSPS) is 10.2. The number of sulfone groups is 3. The van der Waals surface area contributed by atoms with Crippen molar-refractivity contribution < 1.29 is 82.3 Å². The van der Waals surface area contributed by atoms with Crippen molar-refractivity contribution in [2.45, 2.75) is 14.7 Å². The van der Waals surface area contributed by atoms with Gasteiger partial charge in [0.25, 0.3) is 0 Å². The molecule has 0 aliphatic rings. The van der Waals surface area contributed by atoms with Crippen LogP contribution in [0, 0.1) is 0 Å². The van der Waals surface area contributed by atoms with Crippen LogP contribution in [0.4, 0.5) is 0 Å². The first-order valence-corrected chi connectivity index (χ1v) is 15.8. The van der Waals surface area contributed by atoms with Gasteiger partial charge in [-0.05, 0) is 54.6 Å². The molecule has 0 aliphatic heterocycles. The van der Waals surface area contributed by atoms with Crippen LogP contribution in [0.2, 0.25) is 0 Å². The van der Waals surface area contributed by atoms with Gasteiger partial charge < -0.3 is 57.1 Å². The van der Waals surface area contributed by atoms with Crippen LogP contribution in [0.1, 0.15) is 0 Å². The summed E-state index contributed by atoms with van der Waals surface area (Å²) in [4.78, 5) is 30.2. The van der Waals surface area contributed by atoms with Gasteiger partial charge in [-0.3, -0.25) is 0 Å². The Balaban J connectivity index is -0.000000130. The molecule has 0 heterocycles. The maximum atomic E-state index is 11.4. The van der Waals surface area contributed by atoms with Crippen molar-refractivity contribution >= 4 is 73.6 Å². The van der Waals surface area contributed by atoms with E-state index in [0.29, 0.717) is 34.5 Å². The minimum Gasteiger partial charge on any atom is -0.545 e. The van der Waals surface area contributed by atoms with Crippen molar-refractivity contribution in [3.8, 4) is 0 Å². The molecule has 48 heavy (non-hydrogen) atoms. The fraction of sp³-hybridized carbons (Fsp3) is 0. The van der Waals surface area contributed by atoms with Gasteiger partial charge in [0.05, 0.1) is 32.6 Å². The smallest absolute Gasteiger partial charge is 0.545 e. The topological polar surface area (TPSA) is 380 Å². The van der Waals surface area contributed by atoms with E-state index in [-0.39, 0.29) is 68.3 Å². The molecule has 0 atom stereocenters. The summed E-state index contributed by atoms with van der Waals surface area (Å²) < 4.78 is 68.2. The van der Waals surface area contributed by atoms with Crippen LogP contribution < -0.4 is 15.3 Å². The fourth-order valence-electron chi connectivity index (χ4n) is 2.50. The third kappa shape index (κ3) is 22.4. The van der Waals surface area contributed by atoms with E-state index in [0.717, 1.165) is 0 Å². The summed E-state index contributed by atoms with van der Waals surface area (Å²) in [5, 5.41) is 31.9. The maximum Gasteiger partial charge on any atom is 3.00 e. The zero-order valence-electron chi connectivity index (χ0n) is 24.2. The first kappa shape index (κ1) is 56.2. The van der Waals surface area contributed by atoms with E-state index in [1.54, 1.807) is 54.6 Å². The Morgan fingerprint density at radius 2 is 0.562 bits per heavy atom. The number of rotatable bonds is 9. The molecule has 2 radical (unpaired) electrons. The van der Waals surface area contributed by atoms with E-state index in [1.807, 2.05) is 0 Å². The molecule has 0 bridgehead atoms. The summed E-state index contributed by atoms with van der Waals surface area (Å²) in [5.74, 6) is -4.61. The second-order valence-corrected chi connectivity index (χ2v) is 12.9. The zero-order chi connectivity index (χ0) is 31.8. The standard InChI is InChI=1S/3C9H8O4S.Bi.5H2O/c3*10-9(11)6-7-14(12,13)8-4-2-1-3-5-8;;;;;;/h3*1-7H,(H,10,11);;5*1H2/q;;;+3;;;;;/p-3/b3*7-6+;;;;;;. The molecule has 3 rings (SSSR count). The van der Waals surface area contributed by atoms with E-state index < -0.39 is 47.4 Å². The number of hydrogen-bond acceptors (Lipinski definition) is 12. The summed E-state index contributed by atoms with van der Waals surface area (Å²) in [5.41, 5.74) is 0. The Morgan fingerprint density at radius 1 is 0.396 bits per heavy atom. The Morgan fingerprint density at radius 3 is 0.708 bits per heavy atom. The van der Waals surface area contributed by atoms with Crippen molar-refractivity contribution in [2.75, 3.05) is 0 Å². The summed E-state index contributed by atoms with van der Waals surface area (Å²) in [6.45, 7) is 0. The molecule has 0 amide bonds. The van der Waals surface area contributed by atoms with E-state index in [1.165, 1.54) is 36.4 Å². The SMILES string of the molecule is O.O.O.O.O.O=C([O-])/C=C/S(=O)(=O)c1ccccc1.O=C([O-])/C=C/S(=O)(=O)c1ccccc1.O=C([O-])/C=C/S(=O)(=O)c1ccccc1.[Bi+3]. The summed E-state index contributed by atoms with van der Waals surface area (Å²) in [6, 6.07) is 22.6. The average Bonchev–Trinajstić information content (AvgIpc) is 2.96. The quantitative estimate of drug-likeness (QED) is 0.143. The van der Waals surface area contributed by atoms with Gasteiger partial charge in [0.2, 0.25) is 0 Å².